The van der Waals surface area contributed by atoms with Crippen molar-refractivity contribution in [3.05, 3.63) is 28.8 Å². The fourth-order valence-electron chi connectivity index (χ4n) is 1.02. The number of rotatable bonds is 2. The smallest absolute Gasteiger partial charge is 0.372 e. The molecule has 0 aliphatic rings. The zero-order chi connectivity index (χ0) is 10.8. The molecule has 78 valence electrons. The zero-order valence-electron chi connectivity index (χ0n) is 7.03. The van der Waals surface area contributed by atoms with Gasteiger partial charge in [0, 0.05) is 10.7 Å². The third-order valence-electron chi connectivity index (χ3n) is 1.58. The lowest BCUT2D eigenvalue weighted by atomic mass is 10.1. The maximum atomic E-state index is 12.4. The van der Waals surface area contributed by atoms with Crippen molar-refractivity contribution in [3.63, 3.8) is 0 Å². The molecule has 0 atom stereocenters. The fraction of sp³-hybridized carbons (Fsp3) is 0.250. The second-order valence-corrected chi connectivity index (χ2v) is 3.01. The third-order valence-corrected chi connectivity index (χ3v) is 1.81. The van der Waals surface area contributed by atoms with Crippen LogP contribution in [0.4, 0.5) is 18.9 Å². The van der Waals surface area contributed by atoms with Crippen LogP contribution in [-0.4, -0.2) is 6.67 Å². The van der Waals surface area contributed by atoms with Crippen molar-refractivity contribution in [2.75, 3.05) is 12.0 Å². The minimum atomic E-state index is -4.43. The predicted octanol–water partition coefficient (Wildman–Crippen LogP) is 2.69. The summed E-state index contributed by atoms with van der Waals surface area (Å²) in [5, 5.41) is 2.45. The fourth-order valence-corrected chi connectivity index (χ4v) is 1.19. The molecule has 3 N–H and O–H groups in total. The van der Waals surface area contributed by atoms with E-state index in [1.165, 1.54) is 12.1 Å². The topological polar surface area (TPSA) is 38.0 Å². The van der Waals surface area contributed by atoms with Gasteiger partial charge in [-0.2, -0.15) is 13.2 Å². The lowest BCUT2D eigenvalue weighted by Gasteiger charge is -2.13. The molecule has 1 rings (SSSR count). The molecule has 0 bridgehead atoms. The first kappa shape index (κ1) is 11.1. The highest BCUT2D eigenvalue weighted by molar-refractivity contribution is 6.30. The summed E-state index contributed by atoms with van der Waals surface area (Å²) in [6.45, 7) is -0.0648. The summed E-state index contributed by atoms with van der Waals surface area (Å²) in [6.07, 6.45) is -4.43. The Balaban J connectivity index is 3.16. The summed E-state index contributed by atoms with van der Waals surface area (Å²) < 4.78 is 37.2. The third kappa shape index (κ3) is 2.52. The van der Waals surface area contributed by atoms with E-state index in [0.29, 0.717) is 0 Å². The Hall–Kier alpha value is -0.940. The van der Waals surface area contributed by atoms with E-state index in [9.17, 15) is 13.2 Å². The number of nitrogens with two attached hydrogens (primary N) is 1. The number of hydrogen-bond donors (Lipinski definition) is 2. The van der Waals surface area contributed by atoms with E-state index in [2.05, 4.69) is 5.32 Å². The second kappa shape index (κ2) is 4.06. The van der Waals surface area contributed by atoms with E-state index in [1.807, 2.05) is 0 Å². The van der Waals surface area contributed by atoms with Gasteiger partial charge in [-0.15, -0.1) is 0 Å². The number of anilines is 1. The summed E-state index contributed by atoms with van der Waals surface area (Å²) in [5.41, 5.74) is 4.22. The van der Waals surface area contributed by atoms with Crippen LogP contribution in [0, 0.1) is 0 Å². The van der Waals surface area contributed by atoms with Crippen molar-refractivity contribution < 1.29 is 13.2 Å². The van der Waals surface area contributed by atoms with Gasteiger partial charge in [0.05, 0.1) is 12.2 Å². The van der Waals surface area contributed by atoms with Crippen molar-refractivity contribution in [1.82, 2.24) is 0 Å². The van der Waals surface area contributed by atoms with Crippen molar-refractivity contribution in [3.8, 4) is 0 Å². The molecule has 0 saturated heterocycles. The van der Waals surface area contributed by atoms with Gasteiger partial charge >= 0.3 is 6.18 Å². The summed E-state index contributed by atoms with van der Waals surface area (Å²) in [4.78, 5) is 0. The maximum Gasteiger partial charge on any atom is 0.418 e. The van der Waals surface area contributed by atoms with Gasteiger partial charge in [0.2, 0.25) is 0 Å². The van der Waals surface area contributed by atoms with Gasteiger partial charge in [0.1, 0.15) is 0 Å². The summed E-state index contributed by atoms with van der Waals surface area (Å²) in [6, 6.07) is 3.48. The van der Waals surface area contributed by atoms with Crippen LogP contribution in [-0.2, 0) is 6.18 Å². The van der Waals surface area contributed by atoms with Gasteiger partial charge in [-0.05, 0) is 18.2 Å². The molecule has 6 heteroatoms. The van der Waals surface area contributed by atoms with E-state index in [4.69, 9.17) is 17.3 Å². The normalized spacial score (nSPS) is 11.5. The van der Waals surface area contributed by atoms with E-state index in [1.54, 1.807) is 0 Å². The molecule has 2 nitrogen and oxygen atoms in total. The van der Waals surface area contributed by atoms with Crippen LogP contribution in [0.5, 0.6) is 0 Å². The standard InChI is InChI=1S/C8H8ClF3N2/c9-5-1-2-7(14-4-13)6(3-5)8(10,11)12/h1-3,14H,4,13H2. The SMILES string of the molecule is NCNc1ccc(Cl)cc1C(F)(F)F. The molecular formula is C8H8ClF3N2. The molecule has 0 aliphatic heterocycles. The summed E-state index contributed by atoms with van der Waals surface area (Å²) in [5.74, 6) is 0. The number of nitrogens with one attached hydrogen (secondary N) is 1. The van der Waals surface area contributed by atoms with Crippen LogP contribution in [0.25, 0.3) is 0 Å². The number of benzene rings is 1. The highest BCUT2D eigenvalue weighted by atomic mass is 35.5. The van der Waals surface area contributed by atoms with Crippen LogP contribution in [0.15, 0.2) is 18.2 Å². The Morgan fingerprint density at radius 1 is 1.36 bits per heavy atom. The summed E-state index contributed by atoms with van der Waals surface area (Å²) in [7, 11) is 0. The molecule has 0 saturated carbocycles. The monoisotopic (exact) mass is 224 g/mol. The molecule has 0 spiro atoms. The van der Waals surface area contributed by atoms with Crippen LogP contribution >= 0.6 is 11.6 Å². The van der Waals surface area contributed by atoms with Crippen LogP contribution < -0.4 is 11.1 Å². The van der Waals surface area contributed by atoms with Gasteiger partial charge in [-0.25, -0.2) is 0 Å². The molecule has 14 heavy (non-hydrogen) atoms. The molecule has 0 amide bonds. The Labute approximate surface area is 83.9 Å². The van der Waals surface area contributed by atoms with Gasteiger partial charge in [0.25, 0.3) is 0 Å². The average Bonchev–Trinajstić information content (AvgIpc) is 2.07. The highest BCUT2D eigenvalue weighted by Crippen LogP contribution is 2.36. The Morgan fingerprint density at radius 2 is 2.00 bits per heavy atom. The minimum Gasteiger partial charge on any atom is -0.372 e. The first-order valence-electron chi connectivity index (χ1n) is 3.76. The number of hydrogen-bond acceptors (Lipinski definition) is 2. The average molecular weight is 225 g/mol. The largest absolute Gasteiger partial charge is 0.418 e. The van der Waals surface area contributed by atoms with Crippen LogP contribution in [0.2, 0.25) is 5.02 Å². The molecular weight excluding hydrogens is 217 g/mol. The van der Waals surface area contributed by atoms with E-state index in [-0.39, 0.29) is 17.4 Å². The Bertz CT molecular complexity index is 325. The molecule has 1 aromatic rings. The molecule has 0 fully saturated rings. The summed E-state index contributed by atoms with van der Waals surface area (Å²) >= 11 is 5.46. The van der Waals surface area contributed by atoms with Crippen molar-refractivity contribution in [2.24, 2.45) is 5.73 Å². The quantitative estimate of drug-likeness (QED) is 0.758. The molecule has 1 aromatic carbocycles. The lowest BCUT2D eigenvalue weighted by molar-refractivity contribution is -0.136. The molecule has 0 aliphatic carbocycles. The van der Waals surface area contributed by atoms with Crippen molar-refractivity contribution >= 4 is 17.3 Å². The lowest BCUT2D eigenvalue weighted by Crippen LogP contribution is -2.15. The van der Waals surface area contributed by atoms with Crippen molar-refractivity contribution in [2.45, 2.75) is 6.18 Å². The van der Waals surface area contributed by atoms with E-state index < -0.39 is 11.7 Å². The first-order valence-corrected chi connectivity index (χ1v) is 4.13. The van der Waals surface area contributed by atoms with Crippen LogP contribution in [0.3, 0.4) is 0 Å². The Kier molecular flexibility index (Phi) is 3.23. The maximum absolute atomic E-state index is 12.4. The van der Waals surface area contributed by atoms with E-state index in [0.717, 1.165) is 6.07 Å². The van der Waals surface area contributed by atoms with Gasteiger partial charge in [-0.3, -0.25) is 0 Å². The van der Waals surface area contributed by atoms with Gasteiger partial charge in [0.15, 0.2) is 0 Å². The molecule has 0 aromatic heterocycles. The van der Waals surface area contributed by atoms with Gasteiger partial charge in [-0.1, -0.05) is 11.6 Å². The highest BCUT2D eigenvalue weighted by Gasteiger charge is 2.33. The van der Waals surface area contributed by atoms with E-state index >= 15 is 0 Å². The molecule has 0 unspecified atom stereocenters. The van der Waals surface area contributed by atoms with Crippen molar-refractivity contribution in [1.29, 1.82) is 0 Å². The molecule has 0 radical (unpaired) electrons. The minimum absolute atomic E-state index is 0.0416. The zero-order valence-corrected chi connectivity index (χ0v) is 7.78. The second-order valence-electron chi connectivity index (χ2n) is 2.57. The van der Waals surface area contributed by atoms with Crippen LogP contribution in [0.1, 0.15) is 5.56 Å². The predicted molar refractivity (Wildman–Crippen MR) is 49.1 cm³/mol. The number of alkyl halides is 3. The first-order chi connectivity index (χ1) is 6.45. The van der Waals surface area contributed by atoms with Gasteiger partial charge < -0.3 is 11.1 Å². The Morgan fingerprint density at radius 3 is 2.50 bits per heavy atom. The number of halogens is 4. The molecule has 0 heterocycles.